The fourth-order valence-corrected chi connectivity index (χ4v) is 5.03. The van der Waals surface area contributed by atoms with Crippen LogP contribution < -0.4 is 5.32 Å². The van der Waals surface area contributed by atoms with Gasteiger partial charge in [-0.15, -0.1) is 0 Å². The van der Waals surface area contributed by atoms with E-state index in [0.29, 0.717) is 36.2 Å². The first-order valence-corrected chi connectivity index (χ1v) is 9.41. The van der Waals surface area contributed by atoms with E-state index in [4.69, 9.17) is 0 Å². The number of carbonyl (C=O) groups excluding carboxylic acids is 1. The van der Waals surface area contributed by atoms with Crippen LogP contribution in [0.4, 0.5) is 4.79 Å². The number of carbonyl (C=O) groups is 1. The third kappa shape index (κ3) is 3.01. The summed E-state index contributed by atoms with van der Waals surface area (Å²) in [5.41, 5.74) is 1.13. The van der Waals surface area contributed by atoms with Gasteiger partial charge in [0.05, 0.1) is 0 Å². The summed E-state index contributed by atoms with van der Waals surface area (Å²) in [5.74, 6) is 1.20. The minimum Gasteiger partial charge on any atom is -0.508 e. The van der Waals surface area contributed by atoms with Gasteiger partial charge in [0.2, 0.25) is 0 Å². The normalized spacial score (nSPS) is 32.7. The Labute approximate surface area is 155 Å². The molecule has 2 N–H and O–H groups in total. The second kappa shape index (κ2) is 6.80. The van der Waals surface area contributed by atoms with E-state index in [0.717, 1.165) is 18.4 Å². The number of aliphatic hydroxyl groups excluding tert-OH is 1. The van der Waals surface area contributed by atoms with Crippen LogP contribution in [0.2, 0.25) is 0 Å². The number of nitrogens with zero attached hydrogens (tertiary/aromatic N) is 2. The average Bonchev–Trinajstić information content (AvgIpc) is 3.16. The Balaban J connectivity index is 1.41. The predicted molar refractivity (Wildman–Crippen MR) is 102 cm³/mol. The van der Waals surface area contributed by atoms with Gasteiger partial charge in [-0.2, -0.15) is 0 Å². The minimum absolute atomic E-state index is 0.0169. The quantitative estimate of drug-likeness (QED) is 0.878. The zero-order valence-corrected chi connectivity index (χ0v) is 15.4. The number of nitrogens with one attached hydrogen (secondary N) is 1. The van der Waals surface area contributed by atoms with Crippen molar-refractivity contribution in [2.24, 2.45) is 11.8 Å². The van der Waals surface area contributed by atoms with E-state index in [9.17, 15) is 9.90 Å². The molecular weight excluding hydrogens is 326 g/mol. The molecule has 4 rings (SSSR count). The number of hydrogen-bond donors (Lipinski definition) is 2. The Hall–Kier alpha value is -2.27. The lowest BCUT2D eigenvalue weighted by atomic mass is 9.85. The van der Waals surface area contributed by atoms with Crippen molar-refractivity contribution in [2.45, 2.75) is 37.5 Å². The largest absolute Gasteiger partial charge is 0.508 e. The van der Waals surface area contributed by atoms with Gasteiger partial charge in [0.15, 0.2) is 0 Å². The Kier molecular flexibility index (Phi) is 4.49. The molecule has 1 aromatic rings. The van der Waals surface area contributed by atoms with Crippen LogP contribution in [-0.2, 0) is 6.54 Å². The van der Waals surface area contributed by atoms with E-state index >= 15 is 0 Å². The molecule has 3 aliphatic rings. The molecule has 1 saturated heterocycles. The lowest BCUT2D eigenvalue weighted by Gasteiger charge is -2.31. The summed E-state index contributed by atoms with van der Waals surface area (Å²) in [6.07, 6.45) is 7.96. The standard InChI is InChI=1S/C21H27N3O2/c1-23(13-14-6-4-3-5-7-14)21(26)22-18-10-9-16-17-12-15(25)8-11-19(17)24(2)20(16)18/h3-8,11-12,16-20,25H,9-10,13H2,1-2H3,(H,22,26). The van der Waals surface area contributed by atoms with Crippen molar-refractivity contribution in [1.82, 2.24) is 15.1 Å². The summed E-state index contributed by atoms with van der Waals surface area (Å²) in [5, 5.41) is 13.1. The molecule has 5 unspecified atom stereocenters. The second-order valence-electron chi connectivity index (χ2n) is 7.81. The number of fused-ring (bicyclic) bond motifs is 3. The Morgan fingerprint density at radius 1 is 1.31 bits per heavy atom. The molecule has 0 radical (unpaired) electrons. The van der Waals surface area contributed by atoms with Gasteiger partial charge in [-0.3, -0.25) is 4.90 Å². The van der Waals surface area contributed by atoms with Gasteiger partial charge in [0.25, 0.3) is 0 Å². The average molecular weight is 353 g/mol. The molecule has 5 nitrogen and oxygen atoms in total. The second-order valence-corrected chi connectivity index (χ2v) is 7.81. The summed E-state index contributed by atoms with van der Waals surface area (Å²) in [6, 6.07) is 10.8. The first-order chi connectivity index (χ1) is 12.5. The summed E-state index contributed by atoms with van der Waals surface area (Å²) in [6.45, 7) is 0.605. The Morgan fingerprint density at radius 2 is 2.08 bits per heavy atom. The molecule has 0 aromatic heterocycles. The number of hydrogen-bond acceptors (Lipinski definition) is 3. The first-order valence-electron chi connectivity index (χ1n) is 9.41. The van der Waals surface area contributed by atoms with E-state index in [1.54, 1.807) is 11.0 Å². The highest BCUT2D eigenvalue weighted by Crippen LogP contribution is 2.46. The van der Waals surface area contributed by atoms with Crippen LogP contribution >= 0.6 is 0 Å². The third-order valence-electron chi connectivity index (χ3n) is 6.24. The number of rotatable bonds is 3. The molecule has 0 spiro atoms. The zero-order valence-electron chi connectivity index (χ0n) is 15.4. The highest BCUT2D eigenvalue weighted by Gasteiger charge is 2.52. The molecule has 138 valence electrons. The maximum atomic E-state index is 12.7. The number of amides is 2. The third-order valence-corrected chi connectivity index (χ3v) is 6.24. The number of benzene rings is 1. The molecule has 5 heteroatoms. The minimum atomic E-state index is -0.0169. The molecule has 2 aliphatic carbocycles. The van der Waals surface area contributed by atoms with Gasteiger partial charge in [-0.05, 0) is 43.5 Å². The van der Waals surface area contributed by atoms with Crippen molar-refractivity contribution in [3.8, 4) is 0 Å². The van der Waals surface area contributed by atoms with E-state index in [1.165, 1.54) is 0 Å². The monoisotopic (exact) mass is 353 g/mol. The lowest BCUT2D eigenvalue weighted by Crippen LogP contribution is -2.50. The summed E-state index contributed by atoms with van der Waals surface area (Å²) >= 11 is 0. The van der Waals surface area contributed by atoms with E-state index in [1.807, 2.05) is 43.5 Å². The predicted octanol–water partition coefficient (Wildman–Crippen LogP) is 2.92. The lowest BCUT2D eigenvalue weighted by molar-refractivity contribution is 0.185. The van der Waals surface area contributed by atoms with Crippen molar-refractivity contribution in [1.29, 1.82) is 0 Å². The van der Waals surface area contributed by atoms with Gasteiger partial charge in [-0.1, -0.05) is 36.4 Å². The molecule has 1 aliphatic heterocycles. The highest BCUT2D eigenvalue weighted by atomic mass is 16.3. The SMILES string of the molecule is CN(Cc1ccccc1)C(=O)NC1CCC2C3C=C(O)C=CC3N(C)C12. The molecule has 0 bridgehead atoms. The summed E-state index contributed by atoms with van der Waals surface area (Å²) in [4.78, 5) is 16.8. The van der Waals surface area contributed by atoms with Crippen molar-refractivity contribution >= 4 is 6.03 Å². The van der Waals surface area contributed by atoms with Crippen LogP contribution in [0, 0.1) is 11.8 Å². The highest BCUT2D eigenvalue weighted by molar-refractivity contribution is 5.74. The van der Waals surface area contributed by atoms with Crippen LogP contribution in [0.5, 0.6) is 0 Å². The molecule has 1 aromatic carbocycles. The van der Waals surface area contributed by atoms with Gasteiger partial charge in [0.1, 0.15) is 5.76 Å². The number of aliphatic hydroxyl groups is 1. The maximum absolute atomic E-state index is 12.7. The van der Waals surface area contributed by atoms with Gasteiger partial charge in [-0.25, -0.2) is 4.79 Å². The molecular formula is C21H27N3O2. The van der Waals surface area contributed by atoms with E-state index < -0.39 is 0 Å². The Bertz CT molecular complexity index is 730. The van der Waals surface area contributed by atoms with Crippen LogP contribution in [0.25, 0.3) is 0 Å². The van der Waals surface area contributed by atoms with Crippen molar-refractivity contribution in [2.75, 3.05) is 14.1 Å². The molecule has 1 heterocycles. The topological polar surface area (TPSA) is 55.8 Å². The van der Waals surface area contributed by atoms with E-state index in [2.05, 4.69) is 23.3 Å². The van der Waals surface area contributed by atoms with Gasteiger partial charge < -0.3 is 15.3 Å². The van der Waals surface area contributed by atoms with Crippen molar-refractivity contribution in [3.63, 3.8) is 0 Å². The molecule has 26 heavy (non-hydrogen) atoms. The summed E-state index contributed by atoms with van der Waals surface area (Å²) < 4.78 is 0. The van der Waals surface area contributed by atoms with Crippen molar-refractivity contribution in [3.05, 3.63) is 59.9 Å². The number of urea groups is 1. The van der Waals surface area contributed by atoms with Crippen LogP contribution in [0.3, 0.4) is 0 Å². The van der Waals surface area contributed by atoms with Crippen LogP contribution in [-0.4, -0.2) is 53.2 Å². The smallest absolute Gasteiger partial charge is 0.317 e. The number of allylic oxidation sites excluding steroid dienone is 1. The van der Waals surface area contributed by atoms with Crippen LogP contribution in [0.1, 0.15) is 18.4 Å². The van der Waals surface area contributed by atoms with Crippen molar-refractivity contribution < 1.29 is 9.90 Å². The van der Waals surface area contributed by atoms with Crippen LogP contribution in [0.15, 0.2) is 54.3 Å². The number of likely N-dealkylation sites (N-methyl/N-ethyl adjacent to an activating group) is 1. The zero-order chi connectivity index (χ0) is 18.3. The summed E-state index contributed by atoms with van der Waals surface area (Å²) in [7, 11) is 3.98. The molecule has 1 saturated carbocycles. The fourth-order valence-electron chi connectivity index (χ4n) is 5.03. The number of likely N-dealkylation sites (tertiary alicyclic amines) is 1. The molecule has 2 fully saturated rings. The maximum Gasteiger partial charge on any atom is 0.317 e. The van der Waals surface area contributed by atoms with Gasteiger partial charge >= 0.3 is 6.03 Å². The van der Waals surface area contributed by atoms with E-state index in [-0.39, 0.29) is 12.1 Å². The fraction of sp³-hybridized carbons (Fsp3) is 0.476. The molecule has 5 atom stereocenters. The molecule has 2 amide bonds. The van der Waals surface area contributed by atoms with Gasteiger partial charge in [0, 0.05) is 37.6 Å². The Morgan fingerprint density at radius 3 is 2.85 bits per heavy atom. The first kappa shape index (κ1) is 17.2.